The second-order valence-electron chi connectivity index (χ2n) is 8.44. The largest absolute Gasteiger partial charge is 0.367 e. The molecular weight excluding hydrogens is 400 g/mol. The molecule has 168 valence electrons. The van der Waals surface area contributed by atoms with Gasteiger partial charge in [-0.05, 0) is 50.9 Å². The number of hydrogen-bond acceptors (Lipinski definition) is 5. The first kappa shape index (κ1) is 23.0. The third-order valence-electron chi connectivity index (χ3n) is 6.38. The van der Waals surface area contributed by atoms with Gasteiger partial charge in [-0.3, -0.25) is 4.79 Å². The number of carbonyl (C=O) groups excluding carboxylic acids is 1. The van der Waals surface area contributed by atoms with Crippen LogP contribution in [0.2, 0.25) is 0 Å². The standard InChI is InChI=1S/C22H36N4O3S/c1-4-18(5-2)22(27)23-20-17-19(30(28,29)26-11-7-6-8-12-26)9-10-21(20)25-15-13-24(3)14-16-25/h9-10,17-18H,4-8,11-16H2,1-3H3,(H,23,27). The van der Waals surface area contributed by atoms with Crippen LogP contribution in [-0.2, 0) is 14.8 Å². The van der Waals surface area contributed by atoms with Crippen molar-refractivity contribution in [2.24, 2.45) is 5.92 Å². The molecule has 0 saturated carbocycles. The highest BCUT2D eigenvalue weighted by molar-refractivity contribution is 7.89. The van der Waals surface area contributed by atoms with Crippen molar-refractivity contribution in [2.75, 3.05) is 56.5 Å². The van der Waals surface area contributed by atoms with E-state index in [2.05, 4.69) is 22.2 Å². The zero-order valence-corrected chi connectivity index (χ0v) is 19.4. The minimum absolute atomic E-state index is 0.0390. The first-order chi connectivity index (χ1) is 14.4. The Morgan fingerprint density at radius 2 is 1.63 bits per heavy atom. The van der Waals surface area contributed by atoms with Gasteiger partial charge in [-0.1, -0.05) is 20.3 Å². The number of rotatable bonds is 7. The van der Waals surface area contributed by atoms with Crippen LogP contribution in [0.1, 0.15) is 46.0 Å². The van der Waals surface area contributed by atoms with E-state index in [0.717, 1.165) is 64.0 Å². The van der Waals surface area contributed by atoms with Crippen LogP contribution >= 0.6 is 0 Å². The summed E-state index contributed by atoms with van der Waals surface area (Å²) in [4.78, 5) is 17.6. The molecule has 1 N–H and O–H groups in total. The minimum Gasteiger partial charge on any atom is -0.367 e. The molecule has 0 aliphatic carbocycles. The van der Waals surface area contributed by atoms with E-state index in [1.54, 1.807) is 16.4 Å². The number of benzene rings is 1. The zero-order valence-electron chi connectivity index (χ0n) is 18.6. The highest BCUT2D eigenvalue weighted by Crippen LogP contribution is 2.32. The summed E-state index contributed by atoms with van der Waals surface area (Å²) >= 11 is 0. The molecule has 2 fully saturated rings. The van der Waals surface area contributed by atoms with Crippen molar-refractivity contribution in [3.8, 4) is 0 Å². The zero-order chi connectivity index (χ0) is 21.7. The summed E-state index contributed by atoms with van der Waals surface area (Å²) < 4.78 is 28.0. The summed E-state index contributed by atoms with van der Waals surface area (Å²) in [6, 6.07) is 5.23. The van der Waals surface area contributed by atoms with Crippen LogP contribution in [0.5, 0.6) is 0 Å². The fourth-order valence-corrected chi connectivity index (χ4v) is 5.79. The Bertz CT molecular complexity index is 825. The molecule has 30 heavy (non-hydrogen) atoms. The summed E-state index contributed by atoms with van der Waals surface area (Å²) in [5, 5.41) is 3.06. The molecule has 3 rings (SSSR count). The van der Waals surface area contributed by atoms with Crippen molar-refractivity contribution >= 4 is 27.3 Å². The average Bonchev–Trinajstić information content (AvgIpc) is 2.76. The summed E-state index contributed by atoms with van der Waals surface area (Å²) in [5.41, 5.74) is 1.51. The van der Waals surface area contributed by atoms with E-state index in [-0.39, 0.29) is 16.7 Å². The number of piperazine rings is 1. The molecule has 0 spiro atoms. The number of carbonyl (C=O) groups is 1. The van der Waals surface area contributed by atoms with Crippen LogP contribution in [0.25, 0.3) is 0 Å². The van der Waals surface area contributed by atoms with Gasteiger partial charge in [0, 0.05) is 45.2 Å². The Morgan fingerprint density at radius 1 is 1.00 bits per heavy atom. The molecule has 1 amide bonds. The molecule has 1 aromatic carbocycles. The molecule has 1 aromatic rings. The third-order valence-corrected chi connectivity index (χ3v) is 8.27. The van der Waals surface area contributed by atoms with Crippen molar-refractivity contribution < 1.29 is 13.2 Å². The minimum atomic E-state index is -3.55. The number of hydrogen-bond donors (Lipinski definition) is 1. The van der Waals surface area contributed by atoms with Crippen LogP contribution < -0.4 is 10.2 Å². The van der Waals surface area contributed by atoms with Gasteiger partial charge in [0.1, 0.15) is 0 Å². The topological polar surface area (TPSA) is 73.0 Å². The molecule has 0 unspecified atom stereocenters. The van der Waals surface area contributed by atoms with Crippen molar-refractivity contribution in [1.82, 2.24) is 9.21 Å². The Labute approximate surface area is 181 Å². The monoisotopic (exact) mass is 436 g/mol. The van der Waals surface area contributed by atoms with Gasteiger partial charge in [0.25, 0.3) is 0 Å². The van der Waals surface area contributed by atoms with Gasteiger partial charge in [0.15, 0.2) is 0 Å². The smallest absolute Gasteiger partial charge is 0.243 e. The van der Waals surface area contributed by atoms with Crippen molar-refractivity contribution in [3.63, 3.8) is 0 Å². The summed E-state index contributed by atoms with van der Waals surface area (Å²) in [6.07, 6.45) is 4.40. The van der Waals surface area contributed by atoms with Crippen LogP contribution in [0.4, 0.5) is 11.4 Å². The number of anilines is 2. The van der Waals surface area contributed by atoms with Crippen LogP contribution in [0, 0.1) is 5.92 Å². The van der Waals surface area contributed by atoms with E-state index < -0.39 is 10.0 Å². The van der Waals surface area contributed by atoms with E-state index in [9.17, 15) is 13.2 Å². The highest BCUT2D eigenvalue weighted by Gasteiger charge is 2.28. The number of amides is 1. The second-order valence-corrected chi connectivity index (χ2v) is 10.4. The molecule has 0 atom stereocenters. The molecular formula is C22H36N4O3S. The van der Waals surface area contributed by atoms with E-state index in [0.29, 0.717) is 18.8 Å². The lowest BCUT2D eigenvalue weighted by Crippen LogP contribution is -2.44. The maximum absolute atomic E-state index is 13.2. The Hall–Kier alpha value is -1.64. The van der Waals surface area contributed by atoms with Crippen molar-refractivity contribution in [3.05, 3.63) is 18.2 Å². The molecule has 7 nitrogen and oxygen atoms in total. The molecule has 0 bridgehead atoms. The Balaban J connectivity index is 1.93. The first-order valence-electron chi connectivity index (χ1n) is 11.2. The fourth-order valence-electron chi connectivity index (χ4n) is 4.25. The lowest BCUT2D eigenvalue weighted by Gasteiger charge is -2.35. The maximum Gasteiger partial charge on any atom is 0.243 e. The van der Waals surface area contributed by atoms with Crippen LogP contribution in [-0.4, -0.2) is 69.8 Å². The van der Waals surface area contributed by atoms with Crippen molar-refractivity contribution in [2.45, 2.75) is 50.8 Å². The lowest BCUT2D eigenvalue weighted by atomic mass is 10.0. The number of piperidine rings is 1. The predicted octanol–water partition coefficient (Wildman–Crippen LogP) is 2.99. The van der Waals surface area contributed by atoms with Gasteiger partial charge in [0.2, 0.25) is 15.9 Å². The number of sulfonamides is 1. The van der Waals surface area contributed by atoms with Gasteiger partial charge in [-0.15, -0.1) is 0 Å². The van der Waals surface area contributed by atoms with Gasteiger partial charge < -0.3 is 15.1 Å². The normalized spacial score (nSPS) is 19.3. The molecule has 2 aliphatic heterocycles. The Kier molecular flexibility index (Phi) is 7.76. The fraction of sp³-hybridized carbons (Fsp3) is 0.682. The summed E-state index contributed by atoms with van der Waals surface area (Å²) in [6.45, 7) is 8.72. The van der Waals surface area contributed by atoms with Gasteiger partial charge >= 0.3 is 0 Å². The molecule has 8 heteroatoms. The quantitative estimate of drug-likeness (QED) is 0.711. The number of nitrogens with one attached hydrogen (secondary N) is 1. The SMILES string of the molecule is CCC(CC)C(=O)Nc1cc(S(=O)(=O)N2CCCCC2)ccc1N1CCN(C)CC1. The van der Waals surface area contributed by atoms with Crippen molar-refractivity contribution in [1.29, 1.82) is 0 Å². The van der Waals surface area contributed by atoms with Gasteiger partial charge in [-0.25, -0.2) is 8.42 Å². The third kappa shape index (κ3) is 5.15. The lowest BCUT2D eigenvalue weighted by molar-refractivity contribution is -0.120. The maximum atomic E-state index is 13.2. The van der Waals surface area contributed by atoms with Crippen LogP contribution in [0.15, 0.2) is 23.1 Å². The predicted molar refractivity (Wildman–Crippen MR) is 121 cm³/mol. The molecule has 2 heterocycles. The first-order valence-corrected chi connectivity index (χ1v) is 12.7. The van der Waals surface area contributed by atoms with Crippen LogP contribution in [0.3, 0.4) is 0 Å². The molecule has 2 aliphatic rings. The number of likely N-dealkylation sites (N-methyl/N-ethyl adjacent to an activating group) is 1. The van der Waals surface area contributed by atoms with Gasteiger partial charge in [-0.2, -0.15) is 4.31 Å². The number of nitrogens with zero attached hydrogens (tertiary/aromatic N) is 3. The average molecular weight is 437 g/mol. The highest BCUT2D eigenvalue weighted by atomic mass is 32.2. The van der Waals surface area contributed by atoms with E-state index in [4.69, 9.17) is 0 Å². The van der Waals surface area contributed by atoms with E-state index in [1.807, 2.05) is 19.9 Å². The molecule has 0 radical (unpaired) electrons. The molecule has 2 saturated heterocycles. The second kappa shape index (κ2) is 10.1. The van der Waals surface area contributed by atoms with E-state index in [1.165, 1.54) is 0 Å². The summed E-state index contributed by atoms with van der Waals surface area (Å²) in [5.74, 6) is -0.115. The summed E-state index contributed by atoms with van der Waals surface area (Å²) in [7, 11) is -1.45. The van der Waals surface area contributed by atoms with E-state index >= 15 is 0 Å². The van der Waals surface area contributed by atoms with Gasteiger partial charge in [0.05, 0.1) is 16.3 Å². The molecule has 0 aromatic heterocycles. The Morgan fingerprint density at radius 3 is 2.23 bits per heavy atom.